The van der Waals surface area contributed by atoms with Crippen molar-refractivity contribution in [1.82, 2.24) is 9.80 Å². The van der Waals surface area contributed by atoms with E-state index in [2.05, 4.69) is 29.9 Å². The summed E-state index contributed by atoms with van der Waals surface area (Å²) in [6, 6.07) is 0. The molecule has 8 heteroatoms. The number of thiocarbonyl (C=S) groups is 2. The molecule has 0 aromatic rings. The van der Waals surface area contributed by atoms with E-state index < -0.39 is 8.99 Å². The standard InChI is InChI=1S/C10H16AsIN2S4/c12-11(17-9(15)13-5-1-2-6-13)18-10(16)14-7-3-4-8-14/h1-8H2. The van der Waals surface area contributed by atoms with Gasteiger partial charge in [0.1, 0.15) is 0 Å². The van der Waals surface area contributed by atoms with Gasteiger partial charge in [0, 0.05) is 0 Å². The molecule has 0 spiro atoms. The van der Waals surface area contributed by atoms with E-state index in [4.69, 9.17) is 24.4 Å². The first-order valence-electron chi connectivity index (χ1n) is 6.06. The number of rotatable bonds is 2. The third kappa shape index (κ3) is 4.95. The van der Waals surface area contributed by atoms with Crippen molar-refractivity contribution in [1.29, 1.82) is 0 Å². The zero-order chi connectivity index (χ0) is 13.0. The summed E-state index contributed by atoms with van der Waals surface area (Å²) in [5.41, 5.74) is 0. The Balaban J connectivity index is 1.71. The number of likely N-dealkylation sites (tertiary alicyclic amines) is 2. The minimum absolute atomic E-state index is 1.06. The Kier molecular flexibility index (Phi) is 7.42. The summed E-state index contributed by atoms with van der Waals surface area (Å²) in [6.45, 7) is 4.63. The topological polar surface area (TPSA) is 6.48 Å². The molecule has 0 atom stereocenters. The molecule has 18 heavy (non-hydrogen) atoms. The van der Waals surface area contributed by atoms with Crippen molar-refractivity contribution in [2.24, 2.45) is 0 Å². The maximum atomic E-state index is 5.53. The zero-order valence-corrected chi connectivity index (χ0v) is 17.3. The van der Waals surface area contributed by atoms with Crippen LogP contribution in [0.3, 0.4) is 0 Å². The van der Waals surface area contributed by atoms with E-state index in [1.54, 1.807) is 0 Å². The van der Waals surface area contributed by atoms with Crippen molar-refractivity contribution in [3.8, 4) is 0 Å². The molecule has 0 saturated carbocycles. The van der Waals surface area contributed by atoms with Gasteiger partial charge in [-0.25, -0.2) is 0 Å². The molecule has 2 saturated heterocycles. The summed E-state index contributed by atoms with van der Waals surface area (Å²) < 4.78 is 2.22. The van der Waals surface area contributed by atoms with Crippen LogP contribution in [-0.4, -0.2) is 53.6 Å². The first-order valence-corrected chi connectivity index (χ1v) is 18.7. The second-order valence-electron chi connectivity index (χ2n) is 4.32. The van der Waals surface area contributed by atoms with E-state index in [0.717, 1.165) is 34.8 Å². The SMILES string of the molecule is S=C(S[As](I)SC(=S)N1CCCC1)N1CCCC1. The van der Waals surface area contributed by atoms with Crippen LogP contribution in [0.5, 0.6) is 0 Å². The van der Waals surface area contributed by atoms with Crippen LogP contribution >= 0.6 is 64.6 Å². The van der Waals surface area contributed by atoms with Gasteiger partial charge in [-0.05, 0) is 0 Å². The molecule has 2 heterocycles. The average molecular weight is 494 g/mol. The predicted octanol–water partition coefficient (Wildman–Crippen LogP) is 3.63. The fourth-order valence-corrected chi connectivity index (χ4v) is 23.1. The molecular weight excluding hydrogens is 478 g/mol. The van der Waals surface area contributed by atoms with Crippen LogP contribution in [0.1, 0.15) is 25.7 Å². The number of hydrogen-bond donors (Lipinski definition) is 0. The average Bonchev–Trinajstić information content (AvgIpc) is 3.02. The fourth-order valence-electron chi connectivity index (χ4n) is 2.06. The van der Waals surface area contributed by atoms with Gasteiger partial charge < -0.3 is 0 Å². The summed E-state index contributed by atoms with van der Waals surface area (Å²) in [7, 11) is 2.78. The summed E-state index contributed by atoms with van der Waals surface area (Å²) in [6.07, 6.45) is 5.20. The molecule has 2 aliphatic rings. The van der Waals surface area contributed by atoms with Crippen molar-refractivity contribution in [3.63, 3.8) is 0 Å². The number of hydrogen-bond acceptors (Lipinski definition) is 4. The third-order valence-corrected chi connectivity index (χ3v) is 19.2. The quantitative estimate of drug-likeness (QED) is 0.327. The van der Waals surface area contributed by atoms with E-state index >= 15 is 0 Å². The van der Waals surface area contributed by atoms with Crippen molar-refractivity contribution < 1.29 is 0 Å². The van der Waals surface area contributed by atoms with Gasteiger partial charge >= 0.3 is 144 Å². The zero-order valence-electron chi connectivity index (χ0n) is 10.0. The monoisotopic (exact) mass is 494 g/mol. The first kappa shape index (κ1) is 16.1. The van der Waals surface area contributed by atoms with Gasteiger partial charge in [0.15, 0.2) is 0 Å². The van der Waals surface area contributed by atoms with Crippen molar-refractivity contribution in [3.05, 3.63) is 0 Å². The van der Waals surface area contributed by atoms with Crippen LogP contribution in [0.15, 0.2) is 0 Å². The van der Waals surface area contributed by atoms with E-state index in [1.807, 2.05) is 20.0 Å². The second-order valence-corrected chi connectivity index (χ2v) is 26.7. The van der Waals surface area contributed by atoms with Gasteiger partial charge in [-0.2, -0.15) is 0 Å². The Labute approximate surface area is 142 Å². The first-order chi connectivity index (χ1) is 8.66. The van der Waals surface area contributed by atoms with Crippen molar-refractivity contribution in [2.45, 2.75) is 25.7 Å². The van der Waals surface area contributed by atoms with Crippen molar-refractivity contribution >= 4 is 82.2 Å². The summed E-state index contributed by atoms with van der Waals surface area (Å²) in [4.78, 5) is 4.72. The number of nitrogens with zero attached hydrogens (tertiary/aromatic N) is 2. The second kappa shape index (κ2) is 8.27. The molecule has 0 aromatic carbocycles. The van der Waals surface area contributed by atoms with Crippen LogP contribution in [0.4, 0.5) is 0 Å². The molecule has 0 amide bonds. The molecule has 0 bridgehead atoms. The Morgan fingerprint density at radius 2 is 1.17 bits per heavy atom. The molecule has 0 aromatic heterocycles. The van der Waals surface area contributed by atoms with E-state index in [0.29, 0.717) is 0 Å². The van der Waals surface area contributed by atoms with Crippen LogP contribution in [0.25, 0.3) is 0 Å². The van der Waals surface area contributed by atoms with Crippen LogP contribution in [0, 0.1) is 0 Å². The van der Waals surface area contributed by atoms with Gasteiger partial charge in [-0.1, -0.05) is 0 Å². The summed E-state index contributed by atoms with van der Waals surface area (Å²) in [5.74, 6) is 0. The van der Waals surface area contributed by atoms with Gasteiger partial charge in [-0.3, -0.25) is 0 Å². The van der Waals surface area contributed by atoms with E-state index in [1.165, 1.54) is 25.7 Å². The maximum absolute atomic E-state index is 5.53. The Hall–Kier alpha value is 1.77. The molecular formula is C10H16AsIN2S4. The summed E-state index contributed by atoms with van der Waals surface area (Å²) in [5, 5.41) is 0. The Morgan fingerprint density at radius 3 is 1.50 bits per heavy atom. The molecule has 0 N–H and O–H groups in total. The third-order valence-electron chi connectivity index (χ3n) is 3.03. The Bertz CT molecular complexity index is 289. The number of halogens is 1. The van der Waals surface area contributed by atoms with Crippen LogP contribution in [0.2, 0.25) is 0 Å². The van der Waals surface area contributed by atoms with Gasteiger partial charge in [0.05, 0.1) is 0 Å². The van der Waals surface area contributed by atoms with Gasteiger partial charge in [-0.15, -0.1) is 0 Å². The van der Waals surface area contributed by atoms with E-state index in [-0.39, 0.29) is 0 Å². The molecule has 2 rings (SSSR count). The van der Waals surface area contributed by atoms with E-state index in [9.17, 15) is 0 Å². The molecule has 2 aliphatic heterocycles. The summed E-state index contributed by atoms with van der Waals surface area (Å²) >= 11 is 13.6. The minimum atomic E-state index is -1.06. The molecule has 0 unspecified atom stereocenters. The van der Waals surface area contributed by atoms with Crippen LogP contribution < -0.4 is 0 Å². The van der Waals surface area contributed by atoms with Gasteiger partial charge in [0.25, 0.3) is 0 Å². The molecule has 0 aliphatic carbocycles. The van der Waals surface area contributed by atoms with Crippen LogP contribution in [-0.2, 0) is 0 Å². The normalized spacial score (nSPS) is 19.9. The van der Waals surface area contributed by atoms with Gasteiger partial charge in [0.2, 0.25) is 0 Å². The molecule has 0 radical (unpaired) electrons. The fraction of sp³-hybridized carbons (Fsp3) is 0.800. The Morgan fingerprint density at radius 1 is 0.833 bits per heavy atom. The molecule has 2 nitrogen and oxygen atoms in total. The molecule has 2 fully saturated rings. The van der Waals surface area contributed by atoms with Crippen molar-refractivity contribution in [2.75, 3.05) is 26.2 Å². The molecule has 102 valence electrons. The predicted molar refractivity (Wildman–Crippen MR) is 102 cm³/mol.